The lowest BCUT2D eigenvalue weighted by atomic mass is 10.1. The molecule has 5 heteroatoms. The zero-order valence-corrected chi connectivity index (χ0v) is 9.72. The van der Waals surface area contributed by atoms with Crippen molar-refractivity contribution in [3.63, 3.8) is 0 Å². The maximum Gasteiger partial charge on any atom is 0.228 e. The fraction of sp³-hybridized carbons (Fsp3) is 0.417. The summed E-state index contributed by atoms with van der Waals surface area (Å²) in [5.41, 5.74) is 0.848. The summed E-state index contributed by atoms with van der Waals surface area (Å²) in [5, 5.41) is 2.67. The van der Waals surface area contributed by atoms with Crippen LogP contribution in [0.1, 0.15) is 12.1 Å². The Bertz CT molecular complexity index is 419. The van der Waals surface area contributed by atoms with Crippen LogP contribution in [0.4, 0.5) is 0 Å². The molecule has 1 aliphatic rings. The molecule has 5 nitrogen and oxygen atoms in total. The van der Waals surface area contributed by atoms with Gasteiger partial charge in [0.15, 0.2) is 0 Å². The number of carbonyl (C=O) groups is 2. The number of hydrogen-bond donors (Lipinski definition) is 1. The number of carbonyl (C=O) groups excluding carboxylic acids is 2. The Morgan fingerprint density at radius 3 is 3.00 bits per heavy atom. The molecule has 1 aromatic rings. The number of rotatable bonds is 3. The van der Waals surface area contributed by atoms with Gasteiger partial charge in [-0.25, -0.2) is 0 Å². The van der Waals surface area contributed by atoms with E-state index in [2.05, 4.69) is 10.3 Å². The van der Waals surface area contributed by atoms with E-state index >= 15 is 0 Å². The van der Waals surface area contributed by atoms with Gasteiger partial charge in [0.1, 0.15) is 0 Å². The van der Waals surface area contributed by atoms with Gasteiger partial charge in [0, 0.05) is 26.2 Å². The zero-order valence-electron chi connectivity index (χ0n) is 9.72. The average molecular weight is 233 g/mol. The molecule has 90 valence electrons. The van der Waals surface area contributed by atoms with Crippen LogP contribution in [0.2, 0.25) is 0 Å². The lowest BCUT2D eigenvalue weighted by Crippen LogP contribution is -2.33. The van der Waals surface area contributed by atoms with Gasteiger partial charge >= 0.3 is 0 Å². The maximum atomic E-state index is 12.0. The Morgan fingerprint density at radius 1 is 1.59 bits per heavy atom. The van der Waals surface area contributed by atoms with Gasteiger partial charge in [-0.05, 0) is 12.1 Å². The lowest BCUT2D eigenvalue weighted by Gasteiger charge is -2.19. The van der Waals surface area contributed by atoms with Gasteiger partial charge in [-0.3, -0.25) is 14.6 Å². The van der Waals surface area contributed by atoms with E-state index in [1.165, 1.54) is 0 Å². The van der Waals surface area contributed by atoms with Crippen molar-refractivity contribution in [1.82, 2.24) is 15.2 Å². The first-order chi connectivity index (χ1) is 8.16. The Morgan fingerprint density at radius 2 is 2.41 bits per heavy atom. The highest BCUT2D eigenvalue weighted by molar-refractivity contribution is 5.89. The summed E-state index contributed by atoms with van der Waals surface area (Å²) in [5.74, 6) is -0.278. The van der Waals surface area contributed by atoms with Crippen molar-refractivity contribution >= 4 is 11.8 Å². The number of hydrogen-bond acceptors (Lipinski definition) is 3. The van der Waals surface area contributed by atoms with Crippen molar-refractivity contribution in [3.05, 3.63) is 30.1 Å². The van der Waals surface area contributed by atoms with Gasteiger partial charge in [0.25, 0.3) is 0 Å². The molecule has 0 radical (unpaired) electrons. The molecule has 0 aromatic carbocycles. The third-order valence-electron chi connectivity index (χ3n) is 2.83. The van der Waals surface area contributed by atoms with E-state index in [1.54, 1.807) is 18.1 Å². The van der Waals surface area contributed by atoms with Crippen LogP contribution in [0.3, 0.4) is 0 Å². The minimum absolute atomic E-state index is 0.00555. The Hall–Kier alpha value is -1.91. The molecule has 1 aromatic heterocycles. The summed E-state index contributed by atoms with van der Waals surface area (Å²) in [4.78, 5) is 28.8. The van der Waals surface area contributed by atoms with Crippen LogP contribution in [-0.4, -0.2) is 35.3 Å². The van der Waals surface area contributed by atoms with Gasteiger partial charge in [0.2, 0.25) is 11.8 Å². The second-order valence-electron chi connectivity index (χ2n) is 4.22. The number of amides is 2. The zero-order chi connectivity index (χ0) is 12.3. The summed E-state index contributed by atoms with van der Waals surface area (Å²) < 4.78 is 0. The highest BCUT2D eigenvalue weighted by Crippen LogP contribution is 2.13. The first-order valence-electron chi connectivity index (χ1n) is 5.58. The molecule has 0 bridgehead atoms. The number of nitrogens with zero attached hydrogens (tertiary/aromatic N) is 2. The number of pyridine rings is 1. The van der Waals surface area contributed by atoms with E-state index in [-0.39, 0.29) is 17.7 Å². The fourth-order valence-electron chi connectivity index (χ4n) is 1.90. The Balaban J connectivity index is 1.94. The van der Waals surface area contributed by atoms with Crippen molar-refractivity contribution in [2.24, 2.45) is 5.92 Å². The van der Waals surface area contributed by atoms with Crippen LogP contribution in [0, 0.1) is 5.92 Å². The molecular weight excluding hydrogens is 218 g/mol. The minimum atomic E-state index is -0.226. The quantitative estimate of drug-likeness (QED) is 0.810. The molecule has 0 saturated carbocycles. The van der Waals surface area contributed by atoms with E-state index in [0.717, 1.165) is 5.69 Å². The highest BCUT2D eigenvalue weighted by Gasteiger charge is 2.29. The maximum absolute atomic E-state index is 12.0. The largest absolute Gasteiger partial charge is 0.355 e. The standard InChI is InChI=1S/C12H15N3O2/c1-15(8-10-4-2-3-5-13-10)12(17)9-6-11(16)14-7-9/h2-5,9H,6-8H2,1H3,(H,14,16). The van der Waals surface area contributed by atoms with E-state index < -0.39 is 0 Å². The molecule has 1 aliphatic heterocycles. The van der Waals surface area contributed by atoms with Crippen LogP contribution in [0.5, 0.6) is 0 Å². The van der Waals surface area contributed by atoms with Crippen LogP contribution in [0.15, 0.2) is 24.4 Å². The smallest absolute Gasteiger partial charge is 0.228 e. The number of nitrogens with one attached hydrogen (secondary N) is 1. The van der Waals surface area contributed by atoms with E-state index in [0.29, 0.717) is 19.5 Å². The molecule has 0 spiro atoms. The molecule has 1 unspecified atom stereocenters. The number of aromatic nitrogens is 1. The molecular formula is C12H15N3O2. The topological polar surface area (TPSA) is 62.3 Å². The first kappa shape index (κ1) is 11.6. The van der Waals surface area contributed by atoms with Crippen LogP contribution >= 0.6 is 0 Å². The molecule has 1 fully saturated rings. The summed E-state index contributed by atoms with van der Waals surface area (Å²) in [7, 11) is 1.74. The van der Waals surface area contributed by atoms with Crippen LogP contribution in [-0.2, 0) is 16.1 Å². The van der Waals surface area contributed by atoms with Crippen LogP contribution < -0.4 is 5.32 Å². The van der Waals surface area contributed by atoms with Crippen molar-refractivity contribution in [2.75, 3.05) is 13.6 Å². The summed E-state index contributed by atoms with van der Waals surface area (Å²) >= 11 is 0. The van der Waals surface area contributed by atoms with Crippen molar-refractivity contribution in [3.8, 4) is 0 Å². The predicted octanol–water partition coefficient (Wildman–Crippen LogP) is 0.176. The summed E-state index contributed by atoms with van der Waals surface area (Å²) in [6.45, 7) is 0.925. The summed E-state index contributed by atoms with van der Waals surface area (Å²) in [6.07, 6.45) is 2.00. The van der Waals surface area contributed by atoms with Crippen molar-refractivity contribution < 1.29 is 9.59 Å². The van der Waals surface area contributed by atoms with Crippen molar-refractivity contribution in [2.45, 2.75) is 13.0 Å². The minimum Gasteiger partial charge on any atom is -0.355 e. The molecule has 2 amide bonds. The molecule has 0 aliphatic carbocycles. The second kappa shape index (κ2) is 4.95. The van der Waals surface area contributed by atoms with Gasteiger partial charge in [-0.1, -0.05) is 6.07 Å². The van der Waals surface area contributed by atoms with E-state index in [9.17, 15) is 9.59 Å². The summed E-state index contributed by atoms with van der Waals surface area (Å²) in [6, 6.07) is 5.61. The van der Waals surface area contributed by atoms with Gasteiger partial charge < -0.3 is 10.2 Å². The molecule has 17 heavy (non-hydrogen) atoms. The molecule has 1 atom stereocenters. The third-order valence-corrected chi connectivity index (χ3v) is 2.83. The third kappa shape index (κ3) is 2.81. The second-order valence-corrected chi connectivity index (χ2v) is 4.22. The normalized spacial score (nSPS) is 18.9. The van der Waals surface area contributed by atoms with Crippen molar-refractivity contribution in [1.29, 1.82) is 0 Å². The molecule has 2 rings (SSSR count). The SMILES string of the molecule is CN(Cc1ccccn1)C(=O)C1CNC(=O)C1. The average Bonchev–Trinajstić information content (AvgIpc) is 2.76. The van der Waals surface area contributed by atoms with Gasteiger partial charge in [-0.2, -0.15) is 0 Å². The molecule has 1 N–H and O–H groups in total. The van der Waals surface area contributed by atoms with Gasteiger partial charge in [0.05, 0.1) is 18.2 Å². The monoisotopic (exact) mass is 233 g/mol. The molecule has 2 heterocycles. The first-order valence-corrected chi connectivity index (χ1v) is 5.58. The fourth-order valence-corrected chi connectivity index (χ4v) is 1.90. The Kier molecular flexibility index (Phi) is 3.37. The molecule has 1 saturated heterocycles. The Labute approximate surface area is 99.8 Å². The van der Waals surface area contributed by atoms with Gasteiger partial charge in [-0.15, -0.1) is 0 Å². The van der Waals surface area contributed by atoms with E-state index in [4.69, 9.17) is 0 Å². The predicted molar refractivity (Wildman–Crippen MR) is 61.8 cm³/mol. The van der Waals surface area contributed by atoms with Crippen LogP contribution in [0.25, 0.3) is 0 Å². The van der Waals surface area contributed by atoms with E-state index in [1.807, 2.05) is 18.2 Å². The highest BCUT2D eigenvalue weighted by atomic mass is 16.2. The lowest BCUT2D eigenvalue weighted by molar-refractivity contribution is -0.135.